The van der Waals surface area contributed by atoms with Crippen LogP contribution in [0.3, 0.4) is 0 Å². The van der Waals surface area contributed by atoms with Gasteiger partial charge >= 0.3 is 0 Å². The second-order valence-corrected chi connectivity index (χ2v) is 7.45. The van der Waals surface area contributed by atoms with Gasteiger partial charge in [0.05, 0.1) is 11.6 Å². The molecule has 0 saturated heterocycles. The molecule has 0 aliphatic rings. The average molecular weight is 395 g/mol. The molecule has 3 aromatic carbocycles. The van der Waals surface area contributed by atoms with Gasteiger partial charge in [-0.25, -0.2) is 14.4 Å². The van der Waals surface area contributed by atoms with E-state index in [0.717, 1.165) is 41.3 Å². The van der Waals surface area contributed by atoms with Gasteiger partial charge in [-0.05, 0) is 59.5 Å². The zero-order valence-electron chi connectivity index (χ0n) is 16.9. The summed E-state index contributed by atoms with van der Waals surface area (Å²) in [5, 5.41) is 10.3. The number of nitrogens with zero attached hydrogens (tertiary/aromatic N) is 3. The van der Waals surface area contributed by atoms with Crippen molar-refractivity contribution in [2.75, 3.05) is 0 Å². The Labute approximate surface area is 175 Å². The molecule has 0 radical (unpaired) electrons. The van der Waals surface area contributed by atoms with E-state index in [0.29, 0.717) is 28.8 Å². The summed E-state index contributed by atoms with van der Waals surface area (Å²) in [7, 11) is 0. The van der Waals surface area contributed by atoms with Gasteiger partial charge in [0.2, 0.25) is 0 Å². The maximum atomic E-state index is 15.1. The third-order valence-corrected chi connectivity index (χ3v) is 5.30. The van der Waals surface area contributed by atoms with Gasteiger partial charge in [-0.15, -0.1) is 0 Å². The second-order valence-electron chi connectivity index (χ2n) is 7.45. The molecule has 0 N–H and O–H groups in total. The van der Waals surface area contributed by atoms with Crippen molar-refractivity contribution in [2.45, 2.75) is 32.6 Å². The molecule has 0 amide bonds. The number of halogens is 1. The highest BCUT2D eigenvalue weighted by molar-refractivity contribution is 5.87. The van der Waals surface area contributed by atoms with Gasteiger partial charge in [0.15, 0.2) is 5.82 Å². The van der Waals surface area contributed by atoms with Gasteiger partial charge in [-0.1, -0.05) is 49.7 Å². The topological polar surface area (TPSA) is 49.6 Å². The summed E-state index contributed by atoms with van der Waals surface area (Å²) < 4.78 is 15.1. The van der Waals surface area contributed by atoms with Crippen LogP contribution in [0.4, 0.5) is 4.39 Å². The number of nitriles is 1. The summed E-state index contributed by atoms with van der Waals surface area (Å²) >= 11 is 0. The Bertz CT molecular complexity index is 1210. The molecule has 0 aliphatic carbocycles. The van der Waals surface area contributed by atoms with Gasteiger partial charge in [-0.2, -0.15) is 5.26 Å². The number of fused-ring (bicyclic) bond motifs is 1. The van der Waals surface area contributed by atoms with Crippen molar-refractivity contribution in [1.29, 1.82) is 5.26 Å². The number of aromatic nitrogens is 2. The monoisotopic (exact) mass is 395 g/mol. The largest absolute Gasteiger partial charge is 0.236 e. The zero-order chi connectivity index (χ0) is 20.9. The first-order chi connectivity index (χ1) is 14.7. The highest BCUT2D eigenvalue weighted by atomic mass is 19.1. The molecule has 0 fully saturated rings. The molecular formula is C26H22FN3. The lowest BCUT2D eigenvalue weighted by molar-refractivity contribution is 0.620. The lowest BCUT2D eigenvalue weighted by Gasteiger charge is -2.09. The summed E-state index contributed by atoms with van der Waals surface area (Å²) in [4.78, 5) is 8.93. The number of benzene rings is 3. The Morgan fingerprint density at radius 3 is 2.33 bits per heavy atom. The van der Waals surface area contributed by atoms with Crippen LogP contribution in [0, 0.1) is 17.1 Å². The quantitative estimate of drug-likeness (QED) is 0.400. The maximum Gasteiger partial charge on any atom is 0.159 e. The molecule has 4 heteroatoms. The lowest BCUT2D eigenvalue weighted by Crippen LogP contribution is -1.97. The second kappa shape index (κ2) is 8.84. The van der Waals surface area contributed by atoms with E-state index in [4.69, 9.17) is 5.26 Å². The number of hydrogen-bond donors (Lipinski definition) is 0. The van der Waals surface area contributed by atoms with E-state index >= 15 is 4.39 Å². The van der Waals surface area contributed by atoms with Crippen molar-refractivity contribution in [3.63, 3.8) is 0 Å². The Hall–Kier alpha value is -3.58. The van der Waals surface area contributed by atoms with Gasteiger partial charge in [0.25, 0.3) is 0 Å². The average Bonchev–Trinajstić information content (AvgIpc) is 2.79. The van der Waals surface area contributed by atoms with Gasteiger partial charge in [-0.3, -0.25) is 0 Å². The van der Waals surface area contributed by atoms with Crippen molar-refractivity contribution in [3.05, 3.63) is 95.1 Å². The predicted octanol–water partition coefficient (Wildman–Crippen LogP) is 6.05. The molecule has 1 heterocycles. The summed E-state index contributed by atoms with van der Waals surface area (Å²) in [6.07, 6.45) is 7.09. The maximum absolute atomic E-state index is 15.1. The Balaban J connectivity index is 1.55. The fourth-order valence-electron chi connectivity index (χ4n) is 3.62. The molecule has 0 atom stereocenters. The first kappa shape index (κ1) is 19.7. The van der Waals surface area contributed by atoms with E-state index in [1.807, 2.05) is 54.9 Å². The summed E-state index contributed by atoms with van der Waals surface area (Å²) in [5.74, 6) is 0.481. The fraction of sp³-hybridized carbons (Fsp3) is 0.192. The first-order valence-corrected chi connectivity index (χ1v) is 10.2. The van der Waals surface area contributed by atoms with Crippen LogP contribution in [0.15, 0.2) is 67.0 Å². The SMILES string of the molecule is CCCc1cnc(-c2ccc3c(F)c(CCc4ccc(C#N)cc4)ccc3c2)nc1. The minimum absolute atomic E-state index is 0.174. The van der Waals surface area contributed by atoms with Crippen LogP contribution in [0.25, 0.3) is 22.2 Å². The molecule has 148 valence electrons. The molecule has 0 spiro atoms. The van der Waals surface area contributed by atoms with Crippen LogP contribution in [-0.2, 0) is 19.3 Å². The summed E-state index contributed by atoms with van der Waals surface area (Å²) in [5.41, 5.74) is 4.43. The van der Waals surface area contributed by atoms with Crippen LogP contribution in [0.1, 0.15) is 35.6 Å². The van der Waals surface area contributed by atoms with Crippen LogP contribution >= 0.6 is 0 Å². The van der Waals surface area contributed by atoms with Crippen molar-refractivity contribution in [2.24, 2.45) is 0 Å². The van der Waals surface area contributed by atoms with Crippen molar-refractivity contribution in [3.8, 4) is 17.5 Å². The van der Waals surface area contributed by atoms with E-state index in [1.54, 1.807) is 12.1 Å². The normalized spacial score (nSPS) is 10.8. The minimum atomic E-state index is -0.174. The van der Waals surface area contributed by atoms with Gasteiger partial charge in [0.1, 0.15) is 5.82 Å². The molecular weight excluding hydrogens is 373 g/mol. The summed E-state index contributed by atoms with van der Waals surface area (Å²) in [6, 6.07) is 19.0. The lowest BCUT2D eigenvalue weighted by atomic mass is 9.98. The molecule has 4 rings (SSSR count). The Morgan fingerprint density at radius 1 is 0.867 bits per heavy atom. The van der Waals surface area contributed by atoms with E-state index in [2.05, 4.69) is 23.0 Å². The van der Waals surface area contributed by atoms with Crippen LogP contribution in [0.5, 0.6) is 0 Å². The van der Waals surface area contributed by atoms with E-state index in [9.17, 15) is 0 Å². The molecule has 4 aromatic rings. The standard InChI is InChI=1S/C26H22FN3/c1-2-3-20-16-29-26(30-17-20)23-12-13-24-22(14-23)11-10-21(25(24)27)9-8-18-4-6-19(15-28)7-5-18/h4-7,10-14,16-17H,2-3,8-9H2,1H3. The third kappa shape index (κ3) is 4.21. The highest BCUT2D eigenvalue weighted by Crippen LogP contribution is 2.26. The van der Waals surface area contributed by atoms with E-state index in [1.165, 1.54) is 0 Å². The van der Waals surface area contributed by atoms with E-state index < -0.39 is 0 Å². The molecule has 1 aromatic heterocycles. The van der Waals surface area contributed by atoms with Crippen LogP contribution in [-0.4, -0.2) is 9.97 Å². The minimum Gasteiger partial charge on any atom is -0.236 e. The van der Waals surface area contributed by atoms with Crippen LogP contribution in [0.2, 0.25) is 0 Å². The van der Waals surface area contributed by atoms with Crippen molar-refractivity contribution in [1.82, 2.24) is 9.97 Å². The molecule has 0 bridgehead atoms. The van der Waals surface area contributed by atoms with Crippen molar-refractivity contribution >= 4 is 10.8 Å². The molecule has 30 heavy (non-hydrogen) atoms. The van der Waals surface area contributed by atoms with Crippen LogP contribution < -0.4 is 0 Å². The number of rotatable bonds is 6. The number of aryl methyl sites for hydroxylation is 3. The Morgan fingerprint density at radius 2 is 1.63 bits per heavy atom. The van der Waals surface area contributed by atoms with Gasteiger partial charge in [0, 0.05) is 23.3 Å². The molecule has 0 saturated carbocycles. The zero-order valence-corrected chi connectivity index (χ0v) is 16.9. The number of hydrogen-bond acceptors (Lipinski definition) is 3. The summed E-state index contributed by atoms with van der Waals surface area (Å²) in [6.45, 7) is 2.13. The smallest absolute Gasteiger partial charge is 0.159 e. The Kier molecular flexibility index (Phi) is 5.81. The molecule has 3 nitrogen and oxygen atoms in total. The van der Waals surface area contributed by atoms with Gasteiger partial charge < -0.3 is 0 Å². The fourth-order valence-corrected chi connectivity index (χ4v) is 3.62. The molecule has 0 aliphatic heterocycles. The third-order valence-electron chi connectivity index (χ3n) is 5.30. The van der Waals surface area contributed by atoms with E-state index in [-0.39, 0.29) is 5.82 Å². The van der Waals surface area contributed by atoms with Crippen molar-refractivity contribution < 1.29 is 4.39 Å². The highest BCUT2D eigenvalue weighted by Gasteiger charge is 2.10. The predicted molar refractivity (Wildman–Crippen MR) is 117 cm³/mol. The first-order valence-electron chi connectivity index (χ1n) is 10.2. The molecule has 0 unspecified atom stereocenters.